The molecule has 27 heavy (non-hydrogen) atoms. The van der Waals surface area contributed by atoms with Crippen LogP contribution in [0.2, 0.25) is 0 Å². The Morgan fingerprint density at radius 2 is 2.04 bits per heavy atom. The van der Waals surface area contributed by atoms with Gasteiger partial charge in [0.25, 0.3) is 5.91 Å². The molecule has 0 spiro atoms. The SMILES string of the molecule is COc1ccc(C(=O)N[C@@H]2CCOC[C@H]2Oc2ccc(CO)cc2)cc1O. The van der Waals surface area contributed by atoms with Crippen LogP contribution in [0, 0.1) is 0 Å². The standard InChI is InChI=1S/C20H23NO6/c1-25-18-7-4-14(10-17(18)23)20(24)21-16-8-9-26-12-19(16)27-15-5-2-13(11-22)3-6-15/h2-7,10,16,19,22-23H,8-9,11-12H2,1H3,(H,21,24)/t16-,19-/m1/s1. The fraction of sp³-hybridized carbons (Fsp3) is 0.350. The van der Waals surface area contributed by atoms with Gasteiger partial charge >= 0.3 is 0 Å². The molecule has 1 fully saturated rings. The van der Waals surface area contributed by atoms with E-state index in [1.165, 1.54) is 13.2 Å². The second-order valence-corrected chi connectivity index (χ2v) is 6.29. The second-order valence-electron chi connectivity index (χ2n) is 6.29. The number of hydrogen-bond donors (Lipinski definition) is 3. The van der Waals surface area contributed by atoms with Gasteiger partial charge in [0, 0.05) is 12.2 Å². The Kier molecular flexibility index (Phi) is 6.16. The van der Waals surface area contributed by atoms with E-state index in [9.17, 15) is 9.90 Å². The van der Waals surface area contributed by atoms with Gasteiger partial charge in [0.15, 0.2) is 11.5 Å². The van der Waals surface area contributed by atoms with Crippen molar-refractivity contribution in [1.29, 1.82) is 0 Å². The Bertz CT molecular complexity index is 777. The first-order chi connectivity index (χ1) is 13.1. The summed E-state index contributed by atoms with van der Waals surface area (Å²) in [5, 5.41) is 21.9. The molecule has 2 aromatic carbocycles. The van der Waals surface area contributed by atoms with Gasteiger partial charge in [0.2, 0.25) is 0 Å². The maximum atomic E-state index is 12.6. The summed E-state index contributed by atoms with van der Waals surface area (Å²) in [5.41, 5.74) is 1.14. The lowest BCUT2D eigenvalue weighted by Crippen LogP contribution is -2.51. The molecular weight excluding hydrogens is 350 g/mol. The summed E-state index contributed by atoms with van der Waals surface area (Å²) in [6.07, 6.45) is 0.280. The van der Waals surface area contributed by atoms with Gasteiger partial charge in [-0.05, 0) is 42.3 Å². The molecule has 0 saturated carbocycles. The number of methoxy groups -OCH3 is 1. The average molecular weight is 373 g/mol. The minimum absolute atomic E-state index is 0.0276. The van der Waals surface area contributed by atoms with Crippen molar-refractivity contribution in [2.24, 2.45) is 0 Å². The Morgan fingerprint density at radius 3 is 2.70 bits per heavy atom. The number of hydrogen-bond acceptors (Lipinski definition) is 6. The number of phenolic OH excluding ortho intramolecular Hbond substituents is 1. The molecule has 0 radical (unpaired) electrons. The summed E-state index contributed by atoms with van der Waals surface area (Å²) in [6, 6.07) is 11.4. The highest BCUT2D eigenvalue weighted by atomic mass is 16.5. The van der Waals surface area contributed by atoms with Crippen LogP contribution in [0.15, 0.2) is 42.5 Å². The van der Waals surface area contributed by atoms with E-state index < -0.39 is 0 Å². The lowest BCUT2D eigenvalue weighted by atomic mass is 10.0. The van der Waals surface area contributed by atoms with Crippen LogP contribution in [0.4, 0.5) is 0 Å². The number of aromatic hydroxyl groups is 1. The van der Waals surface area contributed by atoms with Gasteiger partial charge in [-0.2, -0.15) is 0 Å². The van der Waals surface area contributed by atoms with E-state index in [0.717, 1.165) is 5.56 Å². The third kappa shape index (κ3) is 4.69. The van der Waals surface area contributed by atoms with Crippen molar-refractivity contribution in [1.82, 2.24) is 5.32 Å². The van der Waals surface area contributed by atoms with Gasteiger partial charge < -0.3 is 29.7 Å². The maximum Gasteiger partial charge on any atom is 0.251 e. The van der Waals surface area contributed by atoms with E-state index in [1.807, 2.05) is 0 Å². The van der Waals surface area contributed by atoms with E-state index in [4.69, 9.17) is 19.3 Å². The van der Waals surface area contributed by atoms with Crippen molar-refractivity contribution in [3.8, 4) is 17.2 Å². The van der Waals surface area contributed by atoms with E-state index >= 15 is 0 Å². The lowest BCUT2D eigenvalue weighted by Gasteiger charge is -2.32. The first kappa shape index (κ1) is 19.0. The third-order valence-corrected chi connectivity index (χ3v) is 4.46. The van der Waals surface area contributed by atoms with E-state index in [2.05, 4.69) is 5.32 Å². The summed E-state index contributed by atoms with van der Waals surface area (Å²) in [4.78, 5) is 12.6. The number of nitrogens with one attached hydrogen (secondary N) is 1. The summed E-state index contributed by atoms with van der Waals surface area (Å²) in [7, 11) is 1.45. The molecule has 1 amide bonds. The topological polar surface area (TPSA) is 97.3 Å². The van der Waals surface area contributed by atoms with Gasteiger partial charge in [-0.15, -0.1) is 0 Å². The van der Waals surface area contributed by atoms with Crippen molar-refractivity contribution in [2.75, 3.05) is 20.3 Å². The van der Waals surface area contributed by atoms with E-state index in [0.29, 0.717) is 36.7 Å². The van der Waals surface area contributed by atoms with Crippen LogP contribution in [0.3, 0.4) is 0 Å². The molecule has 2 atom stereocenters. The predicted molar refractivity (Wildman–Crippen MR) is 98.1 cm³/mol. The molecule has 2 aromatic rings. The molecular formula is C20H23NO6. The highest BCUT2D eigenvalue weighted by molar-refractivity contribution is 5.95. The molecule has 0 unspecified atom stereocenters. The van der Waals surface area contributed by atoms with Crippen LogP contribution in [-0.2, 0) is 11.3 Å². The van der Waals surface area contributed by atoms with Crippen molar-refractivity contribution in [2.45, 2.75) is 25.2 Å². The van der Waals surface area contributed by atoms with Gasteiger partial charge in [0.1, 0.15) is 11.9 Å². The lowest BCUT2D eigenvalue weighted by molar-refractivity contribution is -0.0135. The number of rotatable bonds is 6. The zero-order valence-corrected chi connectivity index (χ0v) is 15.1. The molecule has 0 aliphatic carbocycles. The van der Waals surface area contributed by atoms with E-state index in [1.54, 1.807) is 36.4 Å². The number of benzene rings is 2. The molecule has 3 N–H and O–H groups in total. The fourth-order valence-electron chi connectivity index (χ4n) is 2.92. The summed E-state index contributed by atoms with van der Waals surface area (Å²) in [5.74, 6) is 0.562. The highest BCUT2D eigenvalue weighted by Crippen LogP contribution is 2.26. The third-order valence-electron chi connectivity index (χ3n) is 4.46. The van der Waals surface area contributed by atoms with Crippen molar-refractivity contribution in [3.05, 3.63) is 53.6 Å². The van der Waals surface area contributed by atoms with Crippen LogP contribution in [0.1, 0.15) is 22.3 Å². The smallest absolute Gasteiger partial charge is 0.251 e. The Hall–Kier alpha value is -2.77. The first-order valence-electron chi connectivity index (χ1n) is 8.72. The molecule has 0 bridgehead atoms. The van der Waals surface area contributed by atoms with Crippen molar-refractivity contribution < 1.29 is 29.2 Å². The Balaban J connectivity index is 1.67. The molecule has 1 heterocycles. The van der Waals surface area contributed by atoms with Crippen LogP contribution in [-0.4, -0.2) is 48.6 Å². The number of aliphatic hydroxyl groups is 1. The normalized spacial score (nSPS) is 19.3. The maximum absolute atomic E-state index is 12.6. The van der Waals surface area contributed by atoms with Crippen molar-refractivity contribution >= 4 is 5.91 Å². The Morgan fingerprint density at radius 1 is 1.26 bits per heavy atom. The van der Waals surface area contributed by atoms with Crippen LogP contribution in [0.5, 0.6) is 17.2 Å². The molecule has 3 rings (SSSR count). The predicted octanol–water partition coefficient (Wildman–Crippen LogP) is 1.86. The van der Waals surface area contributed by atoms with Crippen LogP contribution >= 0.6 is 0 Å². The minimum Gasteiger partial charge on any atom is -0.504 e. The van der Waals surface area contributed by atoms with Crippen molar-refractivity contribution in [3.63, 3.8) is 0 Å². The molecule has 1 aliphatic rings. The number of carbonyl (C=O) groups is 1. The number of aliphatic hydroxyl groups excluding tert-OH is 1. The number of carbonyl (C=O) groups excluding carboxylic acids is 1. The van der Waals surface area contributed by atoms with Gasteiger partial charge in [-0.3, -0.25) is 4.79 Å². The molecule has 1 saturated heterocycles. The van der Waals surface area contributed by atoms with Gasteiger partial charge in [-0.1, -0.05) is 12.1 Å². The minimum atomic E-state index is -0.338. The van der Waals surface area contributed by atoms with Crippen LogP contribution < -0.4 is 14.8 Å². The summed E-state index contributed by atoms with van der Waals surface area (Å²) < 4.78 is 16.5. The van der Waals surface area contributed by atoms with Gasteiger partial charge in [0.05, 0.1) is 26.4 Å². The quantitative estimate of drug-likeness (QED) is 0.715. The molecule has 0 aromatic heterocycles. The summed E-state index contributed by atoms with van der Waals surface area (Å²) in [6.45, 7) is 0.864. The number of ether oxygens (including phenoxy) is 3. The number of amides is 1. The Labute approximate surface area is 157 Å². The number of phenols is 1. The average Bonchev–Trinajstić information content (AvgIpc) is 2.70. The fourth-order valence-corrected chi connectivity index (χ4v) is 2.92. The zero-order valence-electron chi connectivity index (χ0n) is 15.1. The first-order valence-corrected chi connectivity index (χ1v) is 8.72. The molecule has 1 aliphatic heterocycles. The zero-order chi connectivity index (χ0) is 19.2. The second kappa shape index (κ2) is 8.75. The summed E-state index contributed by atoms with van der Waals surface area (Å²) >= 11 is 0. The highest BCUT2D eigenvalue weighted by Gasteiger charge is 2.29. The van der Waals surface area contributed by atoms with Crippen LogP contribution in [0.25, 0.3) is 0 Å². The largest absolute Gasteiger partial charge is 0.504 e. The molecule has 7 heteroatoms. The van der Waals surface area contributed by atoms with Gasteiger partial charge in [-0.25, -0.2) is 0 Å². The molecule has 7 nitrogen and oxygen atoms in total. The van der Waals surface area contributed by atoms with E-state index in [-0.39, 0.29) is 30.4 Å². The monoisotopic (exact) mass is 373 g/mol. The molecule has 144 valence electrons.